The van der Waals surface area contributed by atoms with Crippen LogP contribution in [0.25, 0.3) is 0 Å². The third-order valence-corrected chi connectivity index (χ3v) is 1.04. The molecule has 0 aromatic carbocycles. The first kappa shape index (κ1) is 9.56. The summed E-state index contributed by atoms with van der Waals surface area (Å²) in [4.78, 5) is 0. The van der Waals surface area contributed by atoms with E-state index >= 15 is 0 Å². The zero-order valence-corrected chi connectivity index (χ0v) is 5.98. The molecular weight excluding hydrogens is 138 g/mol. The van der Waals surface area contributed by atoms with Gasteiger partial charge in [0.15, 0.2) is 0 Å². The fourth-order valence-corrected chi connectivity index (χ4v) is 0.523. The van der Waals surface area contributed by atoms with Gasteiger partial charge < -0.3 is 5.11 Å². The number of allylic oxidation sites excluding steroid dienone is 2. The molecule has 1 nitrogen and oxygen atoms in total. The third-order valence-electron chi connectivity index (χ3n) is 1.04. The van der Waals surface area contributed by atoms with E-state index in [9.17, 15) is 8.78 Å². The number of aliphatic hydroxyl groups excluding tert-OH is 1. The molecule has 0 rings (SSSR count). The average molecular weight is 150 g/mol. The van der Waals surface area contributed by atoms with Crippen molar-refractivity contribution in [2.24, 2.45) is 0 Å². The first-order valence-corrected chi connectivity index (χ1v) is 3.29. The summed E-state index contributed by atoms with van der Waals surface area (Å²) in [6.07, 6.45) is 2.35. The minimum Gasteiger partial charge on any atom is -0.396 e. The van der Waals surface area contributed by atoms with Gasteiger partial charge in [0.2, 0.25) is 0 Å². The fraction of sp³-hybridized carbons (Fsp3) is 0.714. The van der Waals surface area contributed by atoms with E-state index in [0.29, 0.717) is 6.42 Å². The van der Waals surface area contributed by atoms with Crippen LogP contribution in [-0.2, 0) is 0 Å². The van der Waals surface area contributed by atoms with E-state index in [1.54, 1.807) is 6.92 Å². The molecule has 60 valence electrons. The summed E-state index contributed by atoms with van der Waals surface area (Å²) in [6.45, 7) is 1.31. The highest BCUT2D eigenvalue weighted by atomic mass is 19.3. The highest BCUT2D eigenvalue weighted by Crippen LogP contribution is 2.19. The van der Waals surface area contributed by atoms with E-state index < -0.39 is 19.0 Å². The van der Waals surface area contributed by atoms with Crippen LogP contribution < -0.4 is 0 Å². The van der Waals surface area contributed by atoms with Gasteiger partial charge in [-0.05, 0) is 12.5 Å². The molecule has 0 aromatic heterocycles. The van der Waals surface area contributed by atoms with Gasteiger partial charge in [0.1, 0.15) is 0 Å². The Hall–Kier alpha value is -0.440. The van der Waals surface area contributed by atoms with Crippen LogP contribution in [0.1, 0.15) is 19.8 Å². The molecule has 0 fully saturated rings. The topological polar surface area (TPSA) is 20.2 Å². The van der Waals surface area contributed by atoms with E-state index in [1.165, 1.54) is 6.08 Å². The van der Waals surface area contributed by atoms with Crippen LogP contribution in [0.5, 0.6) is 0 Å². The summed E-state index contributed by atoms with van der Waals surface area (Å²) in [5.74, 6) is -2.83. The van der Waals surface area contributed by atoms with Crippen LogP contribution >= 0.6 is 0 Å². The molecule has 0 saturated carbocycles. The number of halogens is 2. The Morgan fingerprint density at radius 3 is 2.50 bits per heavy atom. The third kappa shape index (κ3) is 4.44. The van der Waals surface area contributed by atoms with E-state index in [-0.39, 0.29) is 0 Å². The van der Waals surface area contributed by atoms with Crippen molar-refractivity contribution >= 4 is 0 Å². The first-order valence-electron chi connectivity index (χ1n) is 3.29. The summed E-state index contributed by atoms with van der Waals surface area (Å²) < 4.78 is 24.7. The van der Waals surface area contributed by atoms with Gasteiger partial charge in [0.05, 0.1) is 0 Å². The van der Waals surface area contributed by atoms with Gasteiger partial charge >= 0.3 is 0 Å². The lowest BCUT2D eigenvalue weighted by atomic mass is 10.2. The van der Waals surface area contributed by atoms with Crippen molar-refractivity contribution in [2.45, 2.75) is 25.7 Å². The lowest BCUT2D eigenvalue weighted by molar-refractivity contribution is 0.0275. The van der Waals surface area contributed by atoms with Crippen LogP contribution in [0.2, 0.25) is 0 Å². The lowest BCUT2D eigenvalue weighted by Crippen LogP contribution is -2.13. The predicted molar refractivity (Wildman–Crippen MR) is 36.1 cm³/mol. The van der Waals surface area contributed by atoms with Gasteiger partial charge in [-0.3, -0.25) is 0 Å². The van der Waals surface area contributed by atoms with Crippen molar-refractivity contribution in [3.05, 3.63) is 12.2 Å². The lowest BCUT2D eigenvalue weighted by Gasteiger charge is -2.08. The van der Waals surface area contributed by atoms with E-state index in [2.05, 4.69) is 0 Å². The Kier molecular flexibility index (Phi) is 4.19. The molecule has 0 heterocycles. The van der Waals surface area contributed by atoms with Gasteiger partial charge in [-0.1, -0.05) is 13.0 Å². The van der Waals surface area contributed by atoms with Gasteiger partial charge in [0, 0.05) is 13.0 Å². The number of alkyl halides is 2. The first-order chi connectivity index (χ1) is 4.62. The van der Waals surface area contributed by atoms with Crippen LogP contribution in [0.15, 0.2) is 12.2 Å². The Morgan fingerprint density at radius 2 is 2.10 bits per heavy atom. The summed E-state index contributed by atoms with van der Waals surface area (Å²) in [7, 11) is 0. The molecule has 0 aromatic rings. The van der Waals surface area contributed by atoms with E-state index in [1.807, 2.05) is 0 Å². The molecule has 0 aliphatic heterocycles. The molecule has 0 saturated heterocycles. The number of rotatable bonds is 4. The maximum atomic E-state index is 12.4. The zero-order valence-electron chi connectivity index (χ0n) is 5.98. The molecule has 10 heavy (non-hydrogen) atoms. The van der Waals surface area contributed by atoms with Crippen LogP contribution in [0.4, 0.5) is 8.78 Å². The summed E-state index contributed by atoms with van der Waals surface area (Å²) >= 11 is 0. The van der Waals surface area contributed by atoms with Gasteiger partial charge in [-0.2, -0.15) is 0 Å². The molecule has 0 amide bonds. The standard InChI is InChI=1S/C7H12F2O/c1-2-3-4-7(8,9)5-6-10/h3-4,10H,2,5-6H2,1H3/b4-3+. The van der Waals surface area contributed by atoms with Crippen molar-refractivity contribution in [1.29, 1.82) is 0 Å². The Bertz CT molecular complexity index is 110. The van der Waals surface area contributed by atoms with Crippen molar-refractivity contribution in [2.75, 3.05) is 6.61 Å². The minimum atomic E-state index is -2.83. The smallest absolute Gasteiger partial charge is 0.268 e. The summed E-state index contributed by atoms with van der Waals surface area (Å²) in [5.41, 5.74) is 0. The zero-order chi connectivity index (χ0) is 8.04. The monoisotopic (exact) mass is 150 g/mol. The van der Waals surface area contributed by atoms with Crippen LogP contribution in [-0.4, -0.2) is 17.6 Å². The molecule has 0 unspecified atom stereocenters. The molecule has 0 aliphatic rings. The molecule has 0 atom stereocenters. The Morgan fingerprint density at radius 1 is 1.50 bits per heavy atom. The minimum absolute atomic E-state index is 0.471. The van der Waals surface area contributed by atoms with Crippen molar-refractivity contribution in [3.63, 3.8) is 0 Å². The van der Waals surface area contributed by atoms with Crippen molar-refractivity contribution < 1.29 is 13.9 Å². The van der Waals surface area contributed by atoms with E-state index in [4.69, 9.17) is 5.11 Å². The normalized spacial score (nSPS) is 12.8. The number of hydrogen-bond acceptors (Lipinski definition) is 1. The predicted octanol–water partition coefficient (Wildman–Crippen LogP) is 1.97. The maximum absolute atomic E-state index is 12.4. The quantitative estimate of drug-likeness (QED) is 0.607. The second-order valence-electron chi connectivity index (χ2n) is 2.05. The molecule has 0 aliphatic carbocycles. The number of hydrogen-bond donors (Lipinski definition) is 1. The van der Waals surface area contributed by atoms with Gasteiger partial charge in [-0.25, -0.2) is 8.78 Å². The van der Waals surface area contributed by atoms with Crippen LogP contribution in [0.3, 0.4) is 0 Å². The molecular formula is C7H12F2O. The van der Waals surface area contributed by atoms with Crippen molar-refractivity contribution in [1.82, 2.24) is 0 Å². The summed E-state index contributed by atoms with van der Waals surface area (Å²) in [6, 6.07) is 0. The Balaban J connectivity index is 3.73. The highest BCUT2D eigenvalue weighted by Gasteiger charge is 2.22. The molecule has 3 heteroatoms. The highest BCUT2D eigenvalue weighted by molar-refractivity contribution is 4.93. The van der Waals surface area contributed by atoms with Crippen molar-refractivity contribution in [3.8, 4) is 0 Å². The molecule has 1 N–H and O–H groups in total. The second-order valence-corrected chi connectivity index (χ2v) is 2.05. The van der Waals surface area contributed by atoms with Gasteiger partial charge in [0.25, 0.3) is 5.92 Å². The summed E-state index contributed by atoms with van der Waals surface area (Å²) in [5, 5.41) is 8.19. The van der Waals surface area contributed by atoms with E-state index in [0.717, 1.165) is 6.08 Å². The second kappa shape index (κ2) is 4.39. The average Bonchev–Trinajstić information content (AvgIpc) is 1.84. The fourth-order valence-electron chi connectivity index (χ4n) is 0.523. The Labute approximate surface area is 59.4 Å². The number of aliphatic hydroxyl groups is 1. The molecule has 0 spiro atoms. The SMILES string of the molecule is CC/C=C/C(F)(F)CCO. The van der Waals surface area contributed by atoms with Gasteiger partial charge in [-0.15, -0.1) is 0 Å². The molecule has 0 radical (unpaired) electrons. The largest absolute Gasteiger partial charge is 0.396 e. The van der Waals surface area contributed by atoms with Crippen LogP contribution in [0, 0.1) is 0 Å². The maximum Gasteiger partial charge on any atom is 0.268 e. The molecule has 0 bridgehead atoms.